The van der Waals surface area contributed by atoms with Gasteiger partial charge in [0.2, 0.25) is 5.91 Å². The first-order chi connectivity index (χ1) is 16.4. The summed E-state index contributed by atoms with van der Waals surface area (Å²) in [5, 5.41) is 0.367. The number of aryl methyl sites for hydroxylation is 1. The van der Waals surface area contributed by atoms with Crippen molar-refractivity contribution >= 4 is 51.6 Å². The van der Waals surface area contributed by atoms with Crippen LogP contribution in [0.15, 0.2) is 58.5 Å². The highest BCUT2D eigenvalue weighted by atomic mass is 32.2. The van der Waals surface area contributed by atoms with E-state index in [0.717, 1.165) is 37.2 Å². The number of thioether (sulfide) groups is 1. The first-order valence-electron chi connectivity index (χ1n) is 10.8. The highest BCUT2D eigenvalue weighted by molar-refractivity contribution is 7.99. The zero-order chi connectivity index (χ0) is 23.8. The number of carbonyl (C=O) groups is 1. The number of halogens is 1. The van der Waals surface area contributed by atoms with Gasteiger partial charge in [0.05, 0.1) is 17.1 Å². The Kier molecular flexibility index (Phi) is 6.37. The fraction of sp³-hybridized carbons (Fsp3) is 0.250. The van der Waals surface area contributed by atoms with Crippen LogP contribution in [0.5, 0.6) is 0 Å². The lowest BCUT2D eigenvalue weighted by Gasteiger charge is -2.16. The summed E-state index contributed by atoms with van der Waals surface area (Å²) in [6.45, 7) is 3.49. The Balaban J connectivity index is 1.68. The lowest BCUT2D eigenvalue weighted by molar-refractivity contribution is -0.127. The third kappa shape index (κ3) is 4.21. The van der Waals surface area contributed by atoms with E-state index >= 15 is 0 Å². The second kappa shape index (κ2) is 9.44. The average Bonchev–Trinajstić information content (AvgIpc) is 3.47. The maximum absolute atomic E-state index is 13.7. The molecule has 174 valence electrons. The number of carbonyl (C=O) groups excluding carboxylic acids is 1. The van der Waals surface area contributed by atoms with Gasteiger partial charge in [0.15, 0.2) is 14.8 Å². The molecule has 4 aromatic rings. The van der Waals surface area contributed by atoms with Gasteiger partial charge in [0, 0.05) is 13.1 Å². The monoisotopic (exact) mass is 512 g/mol. The number of nitrogens with zero attached hydrogens (tertiary/aromatic N) is 4. The maximum atomic E-state index is 13.7. The molecule has 2 aromatic heterocycles. The second-order valence-electron chi connectivity index (χ2n) is 8.03. The molecule has 6 nitrogen and oxygen atoms in total. The van der Waals surface area contributed by atoms with Crippen molar-refractivity contribution in [2.75, 3.05) is 18.8 Å². The molecule has 34 heavy (non-hydrogen) atoms. The summed E-state index contributed by atoms with van der Waals surface area (Å²) in [6.07, 6.45) is 2.02. The lowest BCUT2D eigenvalue weighted by atomic mass is 10.2. The zero-order valence-corrected chi connectivity index (χ0v) is 20.8. The van der Waals surface area contributed by atoms with Crippen molar-refractivity contribution in [1.82, 2.24) is 19.0 Å². The topological polar surface area (TPSA) is 60.1 Å². The molecule has 3 heterocycles. The van der Waals surface area contributed by atoms with Crippen LogP contribution in [0.2, 0.25) is 0 Å². The van der Waals surface area contributed by atoms with Crippen LogP contribution in [-0.4, -0.2) is 43.8 Å². The van der Waals surface area contributed by atoms with Gasteiger partial charge in [-0.1, -0.05) is 41.3 Å². The molecule has 0 bridgehead atoms. The Morgan fingerprint density at radius 3 is 2.53 bits per heavy atom. The van der Waals surface area contributed by atoms with E-state index in [4.69, 9.17) is 17.2 Å². The van der Waals surface area contributed by atoms with Crippen LogP contribution in [0.25, 0.3) is 21.7 Å². The minimum atomic E-state index is -0.398. The minimum Gasteiger partial charge on any atom is -0.342 e. The Bertz CT molecular complexity index is 1500. The van der Waals surface area contributed by atoms with Gasteiger partial charge in [0.1, 0.15) is 10.5 Å². The number of benzene rings is 2. The fourth-order valence-corrected chi connectivity index (χ4v) is 6.26. The first-order valence-corrected chi connectivity index (χ1v) is 13.1. The highest BCUT2D eigenvalue weighted by Gasteiger charge is 2.22. The quantitative estimate of drug-likeness (QED) is 0.211. The second-order valence-corrected chi connectivity index (χ2v) is 10.6. The van der Waals surface area contributed by atoms with Crippen LogP contribution >= 0.6 is 35.3 Å². The van der Waals surface area contributed by atoms with Crippen LogP contribution < -0.4 is 5.56 Å². The summed E-state index contributed by atoms with van der Waals surface area (Å²) in [6, 6.07) is 13.4. The molecule has 1 fully saturated rings. The highest BCUT2D eigenvalue weighted by Crippen LogP contribution is 2.29. The third-order valence-electron chi connectivity index (χ3n) is 5.80. The largest absolute Gasteiger partial charge is 0.342 e. The van der Waals surface area contributed by atoms with Crippen LogP contribution in [0.1, 0.15) is 18.4 Å². The van der Waals surface area contributed by atoms with Crippen LogP contribution in [0, 0.1) is 16.7 Å². The van der Waals surface area contributed by atoms with E-state index in [0.29, 0.717) is 25.1 Å². The predicted octanol–water partition coefficient (Wildman–Crippen LogP) is 5.13. The molecule has 0 unspecified atom stereocenters. The number of thiazole rings is 1. The molecule has 10 heteroatoms. The molecule has 2 aromatic carbocycles. The molecule has 1 aliphatic heterocycles. The molecule has 0 saturated carbocycles. The molecular weight excluding hydrogens is 491 g/mol. The van der Waals surface area contributed by atoms with Crippen LogP contribution in [-0.2, 0) is 4.79 Å². The first kappa shape index (κ1) is 22.9. The van der Waals surface area contributed by atoms with Crippen molar-refractivity contribution in [2.45, 2.75) is 24.9 Å². The summed E-state index contributed by atoms with van der Waals surface area (Å²) in [7, 11) is 0. The van der Waals surface area contributed by atoms with Gasteiger partial charge in [-0.3, -0.25) is 18.7 Å². The number of likely N-dealkylation sites (tertiary alicyclic amines) is 1. The van der Waals surface area contributed by atoms with E-state index < -0.39 is 5.82 Å². The summed E-state index contributed by atoms with van der Waals surface area (Å²) >= 11 is 8.04. The van der Waals surface area contributed by atoms with E-state index in [-0.39, 0.29) is 17.2 Å². The lowest BCUT2D eigenvalue weighted by Crippen LogP contribution is -2.29. The molecule has 1 saturated heterocycles. The molecule has 1 aliphatic rings. The standard InChI is InChI=1S/C24H21FN4O2S3/c1-15-6-2-3-7-18(15)29-21-20(34-24(29)32)22(31)28(17-10-8-16(25)9-11-17)23(26-21)33-14-19(30)27-12-4-5-13-27/h2-3,6-11H,4-5,12-14H2,1H3. The Morgan fingerprint density at radius 2 is 1.82 bits per heavy atom. The van der Waals surface area contributed by atoms with Crippen LogP contribution in [0.4, 0.5) is 4.39 Å². The molecule has 1 amide bonds. The number of hydrogen-bond acceptors (Lipinski definition) is 6. The number of fused-ring (bicyclic) bond motifs is 1. The van der Waals surface area contributed by atoms with E-state index in [1.54, 1.807) is 0 Å². The molecule has 0 atom stereocenters. The SMILES string of the molecule is Cc1ccccc1-n1c(=S)sc2c(=O)n(-c3ccc(F)cc3)c(SCC(=O)N3CCCC3)nc21. The number of hydrogen-bond donors (Lipinski definition) is 0. The van der Waals surface area contributed by atoms with Crippen molar-refractivity contribution < 1.29 is 9.18 Å². The molecule has 0 radical (unpaired) electrons. The van der Waals surface area contributed by atoms with Crippen molar-refractivity contribution in [3.63, 3.8) is 0 Å². The minimum absolute atomic E-state index is 0.0172. The molecule has 0 aliphatic carbocycles. The Morgan fingerprint density at radius 1 is 1.12 bits per heavy atom. The number of rotatable bonds is 5. The average molecular weight is 513 g/mol. The molecule has 5 rings (SSSR count). The molecular formula is C24H21FN4O2S3. The van der Waals surface area contributed by atoms with E-state index in [1.165, 1.54) is 51.9 Å². The smallest absolute Gasteiger partial charge is 0.278 e. The zero-order valence-electron chi connectivity index (χ0n) is 18.4. The van der Waals surface area contributed by atoms with E-state index in [9.17, 15) is 14.0 Å². The van der Waals surface area contributed by atoms with Gasteiger partial charge in [-0.25, -0.2) is 9.37 Å². The summed E-state index contributed by atoms with van der Waals surface area (Å²) in [4.78, 5) is 33.1. The van der Waals surface area contributed by atoms with Gasteiger partial charge in [0.25, 0.3) is 5.56 Å². The van der Waals surface area contributed by atoms with Crippen molar-refractivity contribution in [3.05, 3.63) is 74.2 Å². The van der Waals surface area contributed by atoms with Gasteiger partial charge in [-0.05, 0) is 67.9 Å². The predicted molar refractivity (Wildman–Crippen MR) is 137 cm³/mol. The number of para-hydroxylation sites is 1. The van der Waals surface area contributed by atoms with E-state index in [2.05, 4.69) is 0 Å². The molecule has 0 spiro atoms. The third-order valence-corrected chi connectivity index (χ3v) is 8.08. The fourth-order valence-electron chi connectivity index (χ4n) is 4.06. The normalized spacial score (nSPS) is 13.6. The van der Waals surface area contributed by atoms with Gasteiger partial charge in [-0.15, -0.1) is 0 Å². The summed E-state index contributed by atoms with van der Waals surface area (Å²) in [5.41, 5.74) is 2.51. The van der Waals surface area contributed by atoms with E-state index in [1.807, 2.05) is 40.7 Å². The van der Waals surface area contributed by atoms with Crippen LogP contribution in [0.3, 0.4) is 0 Å². The number of aromatic nitrogens is 3. The summed E-state index contributed by atoms with van der Waals surface area (Å²) in [5.74, 6) is -0.219. The number of amides is 1. The van der Waals surface area contributed by atoms with Crippen molar-refractivity contribution in [1.29, 1.82) is 0 Å². The van der Waals surface area contributed by atoms with Gasteiger partial charge >= 0.3 is 0 Å². The Hall–Kier alpha value is -2.82. The van der Waals surface area contributed by atoms with Gasteiger partial charge in [-0.2, -0.15) is 0 Å². The van der Waals surface area contributed by atoms with Gasteiger partial charge < -0.3 is 4.90 Å². The molecule has 0 N–H and O–H groups in total. The maximum Gasteiger partial charge on any atom is 0.278 e. The summed E-state index contributed by atoms with van der Waals surface area (Å²) < 4.78 is 17.8. The van der Waals surface area contributed by atoms with Crippen molar-refractivity contribution in [2.24, 2.45) is 0 Å². The Labute approximate surface area is 208 Å². The van der Waals surface area contributed by atoms with Crippen molar-refractivity contribution in [3.8, 4) is 11.4 Å².